The Balaban J connectivity index is 0. The first-order chi connectivity index (χ1) is 4.59. The van der Waals surface area contributed by atoms with Gasteiger partial charge in [-0.15, -0.1) is 4.91 Å². The molecule has 0 saturated heterocycles. The van der Waals surface area contributed by atoms with Gasteiger partial charge in [-0.2, -0.15) is 0 Å². The molecule has 0 bridgehead atoms. The van der Waals surface area contributed by atoms with Crippen molar-refractivity contribution in [3.63, 3.8) is 0 Å². The smallest absolute Gasteiger partial charge is 0.330 e. The number of aliphatic hydroxyl groups excluding tert-OH is 1. The van der Waals surface area contributed by atoms with E-state index in [4.69, 9.17) is 10.2 Å². The maximum Gasteiger partial charge on any atom is 0.330 e. The van der Waals surface area contributed by atoms with Gasteiger partial charge in [0.05, 0.1) is 11.4 Å². The van der Waals surface area contributed by atoms with Crippen molar-refractivity contribution in [1.82, 2.24) is 5.43 Å². The minimum Gasteiger partial charge on any atom is -0.480 e. The van der Waals surface area contributed by atoms with Crippen LogP contribution in [0.15, 0.2) is 5.29 Å². The van der Waals surface area contributed by atoms with Crippen LogP contribution in [-0.2, 0) is 4.79 Å². The second-order valence-electron chi connectivity index (χ2n) is 1.78. The number of nitrogens with one attached hydrogen (secondary N) is 1. The summed E-state index contributed by atoms with van der Waals surface area (Å²) in [4.78, 5) is 19.6. The number of rotatable bonds is 4. The molecule has 0 heterocycles. The second kappa shape index (κ2) is 6.53. The number of carboxylic acid groups (broad SMARTS) is 1. The predicted molar refractivity (Wildman–Crippen MR) is 37.8 cm³/mol. The monoisotopic (exact) mass is 171 g/mol. The molecule has 0 aromatic carbocycles. The van der Waals surface area contributed by atoms with Crippen LogP contribution in [0.3, 0.4) is 0 Å². The molecule has 0 amide bonds. The van der Waals surface area contributed by atoms with E-state index in [1.165, 1.54) is 6.92 Å². The molecule has 0 unspecified atom stereocenters. The van der Waals surface area contributed by atoms with E-state index in [0.29, 0.717) is 0 Å². The van der Waals surface area contributed by atoms with Crippen LogP contribution in [0.4, 0.5) is 0 Å². The fourth-order valence-corrected chi connectivity index (χ4v) is 0.426. The van der Waals surface area contributed by atoms with Crippen LogP contribution in [0, 0.1) is 4.91 Å². The van der Waals surface area contributed by atoms with Gasteiger partial charge >= 0.3 is 5.97 Å². The Morgan fingerprint density at radius 1 is 1.64 bits per heavy atom. The molecule has 0 rings (SSSR count). The number of hydrogen-bond donors (Lipinski definition) is 3. The molecule has 0 saturated carbocycles. The molecule has 7 heteroatoms. The Labute approximate surface area is 85.2 Å². The van der Waals surface area contributed by atoms with Crippen LogP contribution in [0.5, 0.6) is 0 Å². The Morgan fingerprint density at radius 3 is 2.18 bits per heavy atom. The molecule has 1 radical (unpaired) electrons. The van der Waals surface area contributed by atoms with E-state index in [9.17, 15) is 9.70 Å². The van der Waals surface area contributed by atoms with Crippen LogP contribution >= 0.6 is 0 Å². The number of nitroso groups, excluding NO2 is 1. The van der Waals surface area contributed by atoms with Gasteiger partial charge in [0.2, 0.25) is 0 Å². The number of nitrogens with zero attached hydrogens (tertiary/aromatic N) is 1. The normalized spacial score (nSPS) is 14.0. The van der Waals surface area contributed by atoms with Crippen molar-refractivity contribution in [2.75, 3.05) is 0 Å². The van der Waals surface area contributed by atoms with Gasteiger partial charge in [0.15, 0.2) is 6.04 Å². The fourth-order valence-electron chi connectivity index (χ4n) is 0.426. The van der Waals surface area contributed by atoms with Crippen molar-refractivity contribution in [3.8, 4) is 0 Å². The fraction of sp³-hybridized carbons (Fsp3) is 0.750. The van der Waals surface area contributed by atoms with Crippen LogP contribution in [0.2, 0.25) is 0 Å². The summed E-state index contributed by atoms with van der Waals surface area (Å²) < 4.78 is 0. The average Bonchev–Trinajstić information content (AvgIpc) is 1.81. The summed E-state index contributed by atoms with van der Waals surface area (Å²) in [7, 11) is 0. The van der Waals surface area contributed by atoms with Crippen LogP contribution in [0.1, 0.15) is 6.92 Å². The van der Waals surface area contributed by atoms with E-state index in [1.807, 2.05) is 0 Å². The first kappa shape index (κ1) is 13.4. The van der Waals surface area contributed by atoms with E-state index in [0.717, 1.165) is 0 Å². The largest absolute Gasteiger partial charge is 0.480 e. The molecule has 2 atom stereocenters. The third kappa shape index (κ3) is 5.14. The second-order valence-corrected chi connectivity index (χ2v) is 1.78. The van der Waals surface area contributed by atoms with Crippen molar-refractivity contribution < 1.29 is 15.0 Å². The number of carbonyl (C=O) groups is 1. The molecule has 3 N–H and O–H groups in total. The number of carboxylic acids is 1. The zero-order valence-corrected chi connectivity index (χ0v) is 8.31. The molecule has 0 aliphatic heterocycles. The van der Waals surface area contributed by atoms with E-state index >= 15 is 0 Å². The summed E-state index contributed by atoms with van der Waals surface area (Å²) >= 11 is 0. The molecular weight excluding hydrogens is 163 g/mol. The van der Waals surface area contributed by atoms with Gasteiger partial charge in [0.1, 0.15) is 0 Å². The Kier molecular flexibility index (Phi) is 7.97. The summed E-state index contributed by atoms with van der Waals surface area (Å²) in [6, 6.07) is -1.32. The molecule has 11 heavy (non-hydrogen) atoms. The molecule has 0 aromatic heterocycles. The van der Waals surface area contributed by atoms with Crippen molar-refractivity contribution in [3.05, 3.63) is 4.91 Å². The summed E-state index contributed by atoms with van der Waals surface area (Å²) in [5, 5.41) is 19.1. The van der Waals surface area contributed by atoms with E-state index in [1.54, 1.807) is 5.43 Å². The van der Waals surface area contributed by atoms with Crippen LogP contribution in [-0.4, -0.2) is 57.9 Å². The van der Waals surface area contributed by atoms with Gasteiger partial charge in [-0.05, 0) is 6.92 Å². The molecule has 0 fully saturated rings. The molecule has 0 aliphatic carbocycles. The zero-order valence-electron chi connectivity index (χ0n) is 6.31. The Bertz CT molecular complexity index is 140. The number of aliphatic carboxylic acids is 1. The topological polar surface area (TPSA) is 99.0 Å². The standard InChI is InChI=1S/C4H8N2O4.Na/c1-2(7)3(4(8)9)5-6-10;/h2-3,7H,1H3,(H,5,10)(H,8,9);/t2-,3+;/m1./s1. The van der Waals surface area contributed by atoms with Crippen molar-refractivity contribution in [2.45, 2.75) is 19.1 Å². The minimum atomic E-state index is -1.32. The quantitative estimate of drug-likeness (QED) is 0.277. The number of aliphatic hydroxyl groups is 1. The predicted octanol–water partition coefficient (Wildman–Crippen LogP) is -1.29. The molecular formula is C4H8N2NaO4. The molecule has 0 aromatic rings. The summed E-state index contributed by atoms with van der Waals surface area (Å²) in [5.41, 5.74) is 1.70. The van der Waals surface area contributed by atoms with Gasteiger partial charge in [-0.3, -0.25) is 5.43 Å². The molecule has 0 spiro atoms. The molecule has 0 aliphatic rings. The maximum atomic E-state index is 10.1. The third-order valence-corrected chi connectivity index (χ3v) is 0.940. The van der Waals surface area contributed by atoms with E-state index < -0.39 is 18.1 Å². The summed E-state index contributed by atoms with van der Waals surface area (Å²) in [5.74, 6) is -1.31. The summed E-state index contributed by atoms with van der Waals surface area (Å²) in [6.07, 6.45) is -1.14. The Hall–Kier alpha value is -0.170. The first-order valence-corrected chi connectivity index (χ1v) is 2.58. The zero-order chi connectivity index (χ0) is 8.15. The van der Waals surface area contributed by atoms with Crippen LogP contribution < -0.4 is 5.43 Å². The SMILES string of the molecule is C[C@@H](O)[C@H](NN=O)C(=O)O.[Na]. The maximum absolute atomic E-state index is 10.1. The Morgan fingerprint density at radius 2 is 2.09 bits per heavy atom. The van der Waals surface area contributed by atoms with Crippen molar-refractivity contribution in [2.24, 2.45) is 5.29 Å². The van der Waals surface area contributed by atoms with Gasteiger partial charge < -0.3 is 10.2 Å². The van der Waals surface area contributed by atoms with Gasteiger partial charge in [0, 0.05) is 29.6 Å². The van der Waals surface area contributed by atoms with Gasteiger partial charge in [-0.1, -0.05) is 0 Å². The van der Waals surface area contributed by atoms with E-state index in [-0.39, 0.29) is 29.6 Å². The summed E-state index contributed by atoms with van der Waals surface area (Å²) in [6.45, 7) is 1.25. The number of hydrogen-bond acceptors (Lipinski definition) is 4. The van der Waals surface area contributed by atoms with Crippen LogP contribution in [0.25, 0.3) is 0 Å². The minimum absolute atomic E-state index is 0. The van der Waals surface area contributed by atoms with E-state index in [2.05, 4.69) is 5.29 Å². The average molecular weight is 171 g/mol. The van der Waals surface area contributed by atoms with Crippen molar-refractivity contribution >= 4 is 35.5 Å². The van der Waals surface area contributed by atoms with Gasteiger partial charge in [-0.25, -0.2) is 4.79 Å². The first-order valence-electron chi connectivity index (χ1n) is 2.58. The third-order valence-electron chi connectivity index (χ3n) is 0.940. The molecule has 6 nitrogen and oxygen atoms in total. The molecule has 59 valence electrons. The van der Waals surface area contributed by atoms with Gasteiger partial charge in [0.25, 0.3) is 0 Å². The van der Waals surface area contributed by atoms with Crippen molar-refractivity contribution in [1.29, 1.82) is 0 Å².